The summed E-state index contributed by atoms with van der Waals surface area (Å²) in [6, 6.07) is 5.98. The molecule has 1 aromatic rings. The summed E-state index contributed by atoms with van der Waals surface area (Å²) in [7, 11) is 0. The van der Waals surface area contributed by atoms with E-state index in [-0.39, 0.29) is 13.0 Å². The van der Waals surface area contributed by atoms with E-state index in [1.165, 1.54) is 11.1 Å². The van der Waals surface area contributed by atoms with Gasteiger partial charge < -0.3 is 9.84 Å². The molecule has 4 nitrogen and oxygen atoms in total. The number of hydrogen-bond acceptors (Lipinski definition) is 3. The quantitative estimate of drug-likeness (QED) is 0.651. The number of benzene rings is 1. The first-order chi connectivity index (χ1) is 9.11. The molecule has 0 fully saturated rings. The number of carbonyl (C=O) groups excluding carboxylic acids is 1. The van der Waals surface area contributed by atoms with Crippen molar-refractivity contribution in [2.75, 3.05) is 6.61 Å². The highest BCUT2D eigenvalue weighted by atomic mass is 16.5. The molecule has 1 aliphatic rings. The average Bonchev–Trinajstić information content (AvgIpc) is 2.83. The minimum absolute atomic E-state index is 0.196. The van der Waals surface area contributed by atoms with Crippen LogP contribution >= 0.6 is 0 Å². The maximum absolute atomic E-state index is 11.6. The van der Waals surface area contributed by atoms with Gasteiger partial charge >= 0.3 is 11.9 Å². The summed E-state index contributed by atoms with van der Waals surface area (Å²) in [5.74, 6) is -2.89. The lowest BCUT2D eigenvalue weighted by atomic mass is 9.97. The van der Waals surface area contributed by atoms with Gasteiger partial charge in [0.2, 0.25) is 0 Å². The number of ether oxygens (including phenoxy) is 1. The minimum Gasteiger partial charge on any atom is -0.481 e. The molecule has 0 radical (unpaired) electrons. The van der Waals surface area contributed by atoms with Gasteiger partial charge in [0.05, 0.1) is 6.61 Å². The number of hydrogen-bond donors (Lipinski definition) is 1. The third kappa shape index (κ3) is 3.13. The molecule has 1 aliphatic carbocycles. The van der Waals surface area contributed by atoms with Crippen LogP contribution in [0.3, 0.4) is 0 Å². The number of carbonyl (C=O) groups is 2. The first-order valence-corrected chi connectivity index (χ1v) is 6.62. The molecule has 0 saturated heterocycles. The number of esters is 1. The third-order valence-electron chi connectivity index (χ3n) is 3.47. The Kier molecular flexibility index (Phi) is 4.20. The van der Waals surface area contributed by atoms with Crippen molar-refractivity contribution in [1.29, 1.82) is 0 Å². The van der Waals surface area contributed by atoms with E-state index in [0.717, 1.165) is 24.8 Å². The maximum atomic E-state index is 11.6. The van der Waals surface area contributed by atoms with Crippen molar-refractivity contribution in [3.8, 4) is 0 Å². The minimum atomic E-state index is -1.13. The summed E-state index contributed by atoms with van der Waals surface area (Å²) in [5.41, 5.74) is 3.51. The zero-order valence-corrected chi connectivity index (χ0v) is 11.0. The first kappa shape index (κ1) is 13.6. The maximum Gasteiger partial charge on any atom is 0.320 e. The van der Waals surface area contributed by atoms with Gasteiger partial charge in [-0.3, -0.25) is 9.59 Å². The van der Waals surface area contributed by atoms with Crippen LogP contribution < -0.4 is 0 Å². The Hall–Kier alpha value is -1.84. The number of carboxylic acids is 1. The van der Waals surface area contributed by atoms with Crippen LogP contribution in [-0.4, -0.2) is 23.7 Å². The highest BCUT2D eigenvalue weighted by Gasteiger charge is 2.28. The first-order valence-electron chi connectivity index (χ1n) is 6.62. The fraction of sp³-hybridized carbons (Fsp3) is 0.467. The van der Waals surface area contributed by atoms with Gasteiger partial charge in [-0.15, -0.1) is 0 Å². The third-order valence-corrected chi connectivity index (χ3v) is 3.47. The molecule has 1 unspecified atom stereocenters. The fourth-order valence-corrected chi connectivity index (χ4v) is 2.50. The number of rotatable bonds is 5. The molecule has 102 valence electrons. The monoisotopic (exact) mass is 262 g/mol. The van der Waals surface area contributed by atoms with Crippen molar-refractivity contribution in [2.45, 2.75) is 32.6 Å². The van der Waals surface area contributed by atoms with Crippen LogP contribution in [0.15, 0.2) is 18.2 Å². The number of aliphatic carboxylic acids is 1. The van der Waals surface area contributed by atoms with Crippen LogP contribution in [0.1, 0.15) is 30.0 Å². The Morgan fingerprint density at radius 1 is 1.32 bits per heavy atom. The predicted octanol–water partition coefficient (Wildman–Crippen LogP) is 1.98. The van der Waals surface area contributed by atoms with Gasteiger partial charge in [0, 0.05) is 0 Å². The SMILES string of the molecule is CCOC(=O)C(Cc1ccc2c(c1)CCC2)C(=O)O. The van der Waals surface area contributed by atoms with Crippen molar-refractivity contribution in [1.82, 2.24) is 0 Å². The van der Waals surface area contributed by atoms with Crippen molar-refractivity contribution in [3.05, 3.63) is 34.9 Å². The molecule has 4 heteroatoms. The molecule has 0 bridgehead atoms. The summed E-state index contributed by atoms with van der Waals surface area (Å²) >= 11 is 0. The van der Waals surface area contributed by atoms with Crippen molar-refractivity contribution >= 4 is 11.9 Å². The topological polar surface area (TPSA) is 63.6 Å². The Morgan fingerprint density at radius 3 is 2.74 bits per heavy atom. The molecule has 0 aliphatic heterocycles. The Balaban J connectivity index is 2.13. The van der Waals surface area contributed by atoms with Crippen LogP contribution in [0.4, 0.5) is 0 Å². The normalized spacial score (nSPS) is 14.8. The summed E-state index contributed by atoms with van der Waals surface area (Å²) < 4.78 is 4.81. The molecule has 2 rings (SSSR count). The zero-order chi connectivity index (χ0) is 13.8. The van der Waals surface area contributed by atoms with Gasteiger partial charge in [0.1, 0.15) is 0 Å². The van der Waals surface area contributed by atoms with Crippen LogP contribution in [0.5, 0.6) is 0 Å². The molecule has 1 N–H and O–H groups in total. The zero-order valence-electron chi connectivity index (χ0n) is 11.0. The van der Waals surface area contributed by atoms with Crippen molar-refractivity contribution < 1.29 is 19.4 Å². The molecule has 1 aromatic carbocycles. The highest BCUT2D eigenvalue weighted by molar-refractivity contribution is 5.94. The second-order valence-corrected chi connectivity index (χ2v) is 4.80. The predicted molar refractivity (Wildman–Crippen MR) is 69.9 cm³/mol. The van der Waals surface area contributed by atoms with E-state index in [0.29, 0.717) is 0 Å². The van der Waals surface area contributed by atoms with E-state index in [9.17, 15) is 9.59 Å². The lowest BCUT2D eigenvalue weighted by molar-refractivity contribution is -0.158. The molecule has 0 spiro atoms. The Labute approximate surface area is 112 Å². The second-order valence-electron chi connectivity index (χ2n) is 4.80. The molecule has 0 heterocycles. The summed E-state index contributed by atoms with van der Waals surface area (Å²) in [5, 5.41) is 9.12. The Morgan fingerprint density at radius 2 is 2.05 bits per heavy atom. The largest absolute Gasteiger partial charge is 0.481 e. The summed E-state index contributed by atoms with van der Waals surface area (Å²) in [4.78, 5) is 22.8. The van der Waals surface area contributed by atoms with Gasteiger partial charge in [0.25, 0.3) is 0 Å². The van der Waals surface area contributed by atoms with Crippen molar-refractivity contribution in [2.24, 2.45) is 5.92 Å². The van der Waals surface area contributed by atoms with Crippen LogP contribution in [0.25, 0.3) is 0 Å². The van der Waals surface area contributed by atoms with Crippen LogP contribution in [0, 0.1) is 5.92 Å². The second kappa shape index (κ2) is 5.87. The molecule has 19 heavy (non-hydrogen) atoms. The highest BCUT2D eigenvalue weighted by Crippen LogP contribution is 2.24. The van der Waals surface area contributed by atoms with Gasteiger partial charge in [-0.05, 0) is 49.3 Å². The van der Waals surface area contributed by atoms with Crippen LogP contribution in [-0.2, 0) is 33.6 Å². The molecule has 0 amide bonds. The number of carboxylic acid groups (broad SMARTS) is 1. The van der Waals surface area contributed by atoms with Crippen LogP contribution in [0.2, 0.25) is 0 Å². The van der Waals surface area contributed by atoms with E-state index in [2.05, 4.69) is 0 Å². The van der Waals surface area contributed by atoms with E-state index >= 15 is 0 Å². The van der Waals surface area contributed by atoms with E-state index in [1.807, 2.05) is 18.2 Å². The lowest BCUT2D eigenvalue weighted by Gasteiger charge is -2.12. The molecular weight excluding hydrogens is 244 g/mol. The molecular formula is C15H18O4. The van der Waals surface area contributed by atoms with Gasteiger partial charge in [-0.2, -0.15) is 0 Å². The van der Waals surface area contributed by atoms with E-state index < -0.39 is 17.9 Å². The summed E-state index contributed by atoms with van der Waals surface area (Å²) in [6.45, 7) is 1.87. The molecule has 0 aromatic heterocycles. The molecule has 0 saturated carbocycles. The smallest absolute Gasteiger partial charge is 0.320 e. The number of fused-ring (bicyclic) bond motifs is 1. The lowest BCUT2D eigenvalue weighted by Crippen LogP contribution is -2.28. The van der Waals surface area contributed by atoms with Crippen molar-refractivity contribution in [3.63, 3.8) is 0 Å². The van der Waals surface area contributed by atoms with E-state index in [4.69, 9.17) is 9.84 Å². The van der Waals surface area contributed by atoms with Gasteiger partial charge in [-0.1, -0.05) is 18.2 Å². The fourth-order valence-electron chi connectivity index (χ4n) is 2.50. The van der Waals surface area contributed by atoms with Gasteiger partial charge in [-0.25, -0.2) is 0 Å². The number of aryl methyl sites for hydroxylation is 2. The Bertz CT molecular complexity index is 493. The summed E-state index contributed by atoms with van der Waals surface area (Å²) in [6.07, 6.45) is 3.48. The molecule has 1 atom stereocenters. The standard InChI is InChI=1S/C15H18O4/c1-2-19-15(18)13(14(16)17)9-10-6-7-11-4-3-5-12(11)8-10/h6-8,13H,2-5,9H2,1H3,(H,16,17). The van der Waals surface area contributed by atoms with E-state index in [1.54, 1.807) is 6.92 Å². The average molecular weight is 262 g/mol. The van der Waals surface area contributed by atoms with Gasteiger partial charge in [0.15, 0.2) is 5.92 Å².